The van der Waals surface area contributed by atoms with Crippen LogP contribution in [-0.2, 0) is 9.59 Å². The SMILES string of the molecule is CCC(C(=O)NC1CSc2ccccc21)N1CCCC1=O. The summed E-state index contributed by atoms with van der Waals surface area (Å²) in [6.45, 7) is 2.67. The molecule has 2 unspecified atom stereocenters. The van der Waals surface area contributed by atoms with Gasteiger partial charge in [-0.3, -0.25) is 9.59 Å². The van der Waals surface area contributed by atoms with E-state index in [0.29, 0.717) is 19.4 Å². The number of hydrogen-bond donors (Lipinski definition) is 1. The number of fused-ring (bicyclic) bond motifs is 1. The van der Waals surface area contributed by atoms with Gasteiger partial charge in [0.2, 0.25) is 11.8 Å². The van der Waals surface area contributed by atoms with Crippen molar-refractivity contribution < 1.29 is 9.59 Å². The first kappa shape index (κ1) is 14.4. The van der Waals surface area contributed by atoms with Gasteiger partial charge in [-0.1, -0.05) is 25.1 Å². The van der Waals surface area contributed by atoms with Crippen LogP contribution in [0.5, 0.6) is 0 Å². The third-order valence-corrected chi connectivity index (χ3v) is 5.37. The van der Waals surface area contributed by atoms with E-state index in [2.05, 4.69) is 17.4 Å². The van der Waals surface area contributed by atoms with Gasteiger partial charge in [0.15, 0.2) is 0 Å². The number of rotatable bonds is 4. The lowest BCUT2D eigenvalue weighted by Gasteiger charge is -2.27. The Hall–Kier alpha value is -1.49. The lowest BCUT2D eigenvalue weighted by atomic mass is 10.1. The molecule has 3 rings (SSSR count). The third-order valence-electron chi connectivity index (χ3n) is 4.19. The van der Waals surface area contributed by atoms with Crippen molar-refractivity contribution in [2.75, 3.05) is 12.3 Å². The van der Waals surface area contributed by atoms with Crippen LogP contribution < -0.4 is 5.32 Å². The number of likely N-dealkylation sites (tertiary alicyclic amines) is 1. The summed E-state index contributed by atoms with van der Waals surface area (Å²) in [5, 5.41) is 3.13. The first-order chi connectivity index (χ1) is 10.2. The topological polar surface area (TPSA) is 49.4 Å². The molecule has 5 heteroatoms. The molecule has 0 saturated carbocycles. The summed E-state index contributed by atoms with van der Waals surface area (Å²) in [6.07, 6.45) is 2.11. The lowest BCUT2D eigenvalue weighted by molar-refractivity contribution is -0.137. The number of hydrogen-bond acceptors (Lipinski definition) is 3. The maximum Gasteiger partial charge on any atom is 0.243 e. The summed E-state index contributed by atoms with van der Waals surface area (Å²) in [6, 6.07) is 7.93. The normalized spacial score (nSPS) is 22.2. The Morgan fingerprint density at radius 1 is 1.48 bits per heavy atom. The van der Waals surface area contributed by atoms with Crippen LogP contribution in [0.25, 0.3) is 0 Å². The largest absolute Gasteiger partial charge is 0.347 e. The van der Waals surface area contributed by atoms with E-state index in [1.807, 2.05) is 19.1 Å². The fourth-order valence-electron chi connectivity index (χ4n) is 3.10. The van der Waals surface area contributed by atoms with Gasteiger partial charge in [-0.25, -0.2) is 0 Å². The van der Waals surface area contributed by atoms with Gasteiger partial charge in [-0.15, -0.1) is 11.8 Å². The van der Waals surface area contributed by atoms with Gasteiger partial charge >= 0.3 is 0 Å². The molecule has 21 heavy (non-hydrogen) atoms. The van der Waals surface area contributed by atoms with E-state index in [9.17, 15) is 9.59 Å². The van der Waals surface area contributed by atoms with Crippen LogP contribution in [0.2, 0.25) is 0 Å². The van der Waals surface area contributed by atoms with Crippen molar-refractivity contribution in [3.8, 4) is 0 Å². The zero-order valence-electron chi connectivity index (χ0n) is 12.2. The molecule has 112 valence electrons. The number of thioether (sulfide) groups is 1. The van der Waals surface area contributed by atoms with Gasteiger partial charge in [0.25, 0.3) is 0 Å². The highest BCUT2D eigenvalue weighted by Crippen LogP contribution is 2.37. The van der Waals surface area contributed by atoms with Crippen molar-refractivity contribution >= 4 is 23.6 Å². The Morgan fingerprint density at radius 3 is 3.00 bits per heavy atom. The Kier molecular flexibility index (Phi) is 4.19. The molecule has 0 aliphatic carbocycles. The fourth-order valence-corrected chi connectivity index (χ4v) is 4.26. The first-order valence-corrected chi connectivity index (χ1v) is 8.51. The summed E-state index contributed by atoms with van der Waals surface area (Å²) < 4.78 is 0. The second kappa shape index (κ2) is 6.10. The Morgan fingerprint density at radius 2 is 2.29 bits per heavy atom. The molecule has 2 atom stereocenters. The predicted molar refractivity (Wildman–Crippen MR) is 83.1 cm³/mol. The molecule has 1 aromatic rings. The van der Waals surface area contributed by atoms with E-state index >= 15 is 0 Å². The Balaban J connectivity index is 1.70. The number of nitrogens with one attached hydrogen (secondary N) is 1. The van der Waals surface area contributed by atoms with Crippen molar-refractivity contribution in [1.29, 1.82) is 0 Å². The molecular formula is C16H20N2O2S. The first-order valence-electron chi connectivity index (χ1n) is 7.52. The highest BCUT2D eigenvalue weighted by Gasteiger charge is 2.33. The minimum absolute atomic E-state index is 0.0185. The lowest BCUT2D eigenvalue weighted by Crippen LogP contribution is -2.48. The van der Waals surface area contributed by atoms with Crippen LogP contribution in [0, 0.1) is 0 Å². The van der Waals surface area contributed by atoms with E-state index < -0.39 is 0 Å². The summed E-state index contributed by atoms with van der Waals surface area (Å²) in [5.41, 5.74) is 1.19. The maximum absolute atomic E-state index is 12.6. The van der Waals surface area contributed by atoms with Crippen LogP contribution >= 0.6 is 11.8 Å². The average molecular weight is 304 g/mol. The molecule has 1 aromatic carbocycles. The molecule has 0 aromatic heterocycles. The van der Waals surface area contributed by atoms with Crippen LogP contribution in [-0.4, -0.2) is 35.1 Å². The quantitative estimate of drug-likeness (QED) is 0.929. The van der Waals surface area contributed by atoms with Crippen LogP contribution in [0.15, 0.2) is 29.2 Å². The number of amides is 2. The molecule has 4 nitrogen and oxygen atoms in total. The van der Waals surface area contributed by atoms with Gasteiger partial charge in [-0.2, -0.15) is 0 Å². The molecule has 0 radical (unpaired) electrons. The Bertz CT molecular complexity index is 561. The van der Waals surface area contributed by atoms with Gasteiger partial charge in [0.1, 0.15) is 6.04 Å². The van der Waals surface area contributed by atoms with Crippen molar-refractivity contribution in [2.45, 2.75) is 43.2 Å². The van der Waals surface area contributed by atoms with Crippen molar-refractivity contribution in [3.05, 3.63) is 29.8 Å². The minimum atomic E-state index is -0.322. The molecule has 1 fully saturated rings. The molecule has 2 aliphatic heterocycles. The Labute approximate surface area is 129 Å². The molecule has 2 aliphatic rings. The highest BCUT2D eigenvalue weighted by molar-refractivity contribution is 7.99. The smallest absolute Gasteiger partial charge is 0.243 e. The summed E-state index contributed by atoms with van der Waals surface area (Å²) >= 11 is 1.77. The van der Waals surface area contributed by atoms with Gasteiger partial charge in [0.05, 0.1) is 6.04 Å². The second-order valence-electron chi connectivity index (χ2n) is 5.52. The standard InChI is InChI=1S/C16H20N2O2S/c1-2-13(18-9-5-8-15(18)19)16(20)17-12-10-21-14-7-4-3-6-11(12)14/h3-4,6-7,12-13H,2,5,8-10H2,1H3,(H,17,20). The van der Waals surface area contributed by atoms with Crippen LogP contribution in [0.4, 0.5) is 0 Å². The van der Waals surface area contributed by atoms with E-state index in [1.54, 1.807) is 16.7 Å². The maximum atomic E-state index is 12.6. The van der Waals surface area contributed by atoms with Crippen LogP contribution in [0.3, 0.4) is 0 Å². The van der Waals surface area contributed by atoms with Gasteiger partial charge < -0.3 is 10.2 Å². The molecule has 2 amide bonds. The zero-order chi connectivity index (χ0) is 14.8. The predicted octanol–water partition coefficient (Wildman–Crippen LogP) is 2.35. The van der Waals surface area contributed by atoms with Crippen molar-refractivity contribution in [1.82, 2.24) is 10.2 Å². The molecule has 1 saturated heterocycles. The highest BCUT2D eigenvalue weighted by atomic mass is 32.2. The fraction of sp³-hybridized carbons (Fsp3) is 0.500. The summed E-state index contributed by atoms with van der Waals surface area (Å²) in [4.78, 5) is 27.4. The zero-order valence-corrected chi connectivity index (χ0v) is 13.0. The number of benzene rings is 1. The summed E-state index contributed by atoms with van der Waals surface area (Å²) in [7, 11) is 0. The van der Waals surface area contributed by atoms with E-state index in [0.717, 1.165) is 12.2 Å². The molecule has 0 bridgehead atoms. The third kappa shape index (κ3) is 2.79. The number of nitrogens with zero attached hydrogens (tertiary/aromatic N) is 1. The van der Waals surface area contributed by atoms with Crippen LogP contribution in [0.1, 0.15) is 37.8 Å². The van der Waals surface area contributed by atoms with Gasteiger partial charge in [-0.05, 0) is 24.5 Å². The van der Waals surface area contributed by atoms with E-state index in [-0.39, 0.29) is 23.9 Å². The van der Waals surface area contributed by atoms with Gasteiger partial charge in [0, 0.05) is 23.6 Å². The molecule has 1 N–H and O–H groups in total. The van der Waals surface area contributed by atoms with Crippen molar-refractivity contribution in [3.63, 3.8) is 0 Å². The van der Waals surface area contributed by atoms with E-state index in [4.69, 9.17) is 0 Å². The molecule has 2 heterocycles. The monoisotopic (exact) mass is 304 g/mol. The average Bonchev–Trinajstić information content (AvgIpc) is 3.08. The molecule has 0 spiro atoms. The minimum Gasteiger partial charge on any atom is -0.347 e. The summed E-state index contributed by atoms with van der Waals surface area (Å²) in [5.74, 6) is 0.961. The number of carbonyl (C=O) groups is 2. The van der Waals surface area contributed by atoms with E-state index in [1.165, 1.54) is 10.5 Å². The molecular weight excluding hydrogens is 284 g/mol. The number of carbonyl (C=O) groups excluding carboxylic acids is 2. The van der Waals surface area contributed by atoms with Crippen molar-refractivity contribution in [2.24, 2.45) is 0 Å². The second-order valence-corrected chi connectivity index (χ2v) is 6.59.